The van der Waals surface area contributed by atoms with E-state index in [9.17, 15) is 4.79 Å². The zero-order valence-electron chi connectivity index (χ0n) is 16.4. The Bertz CT molecular complexity index is 1330. The van der Waals surface area contributed by atoms with Crippen LogP contribution in [0.25, 0.3) is 22.4 Å². The SMILES string of the molecule is Cc1cc(C(=O)Nc2ccc(-n3cnc4ccccc43)cc2)nn1-c1ccccc1. The number of nitrogens with zero attached hydrogens (tertiary/aromatic N) is 4. The lowest BCUT2D eigenvalue weighted by atomic mass is 10.2. The number of carbonyl (C=O) groups excluding carboxylic acids is 1. The van der Waals surface area contributed by atoms with E-state index in [0.29, 0.717) is 11.4 Å². The summed E-state index contributed by atoms with van der Waals surface area (Å²) in [7, 11) is 0. The summed E-state index contributed by atoms with van der Waals surface area (Å²) < 4.78 is 3.79. The van der Waals surface area contributed by atoms with Gasteiger partial charge in [-0.15, -0.1) is 0 Å². The largest absolute Gasteiger partial charge is 0.321 e. The average Bonchev–Trinajstić information content (AvgIpc) is 3.39. The topological polar surface area (TPSA) is 64.7 Å². The van der Waals surface area contributed by atoms with Crippen molar-refractivity contribution in [3.8, 4) is 11.4 Å². The van der Waals surface area contributed by atoms with Crippen LogP contribution in [0.15, 0.2) is 91.3 Å². The van der Waals surface area contributed by atoms with Crippen LogP contribution in [0.3, 0.4) is 0 Å². The molecule has 6 heteroatoms. The number of fused-ring (bicyclic) bond motifs is 1. The number of imidazole rings is 1. The Kier molecular flexibility index (Phi) is 4.37. The Balaban J connectivity index is 1.36. The van der Waals surface area contributed by atoms with Crippen LogP contribution in [0, 0.1) is 6.92 Å². The van der Waals surface area contributed by atoms with E-state index in [1.165, 1.54) is 0 Å². The molecule has 0 aliphatic rings. The normalized spacial score (nSPS) is 11.0. The maximum absolute atomic E-state index is 12.7. The summed E-state index contributed by atoms with van der Waals surface area (Å²) in [5, 5.41) is 7.38. The van der Waals surface area contributed by atoms with Crippen molar-refractivity contribution in [2.24, 2.45) is 0 Å². The first kappa shape index (κ1) is 17.9. The minimum absolute atomic E-state index is 0.242. The molecule has 0 fully saturated rings. The molecule has 146 valence electrons. The second-order valence-corrected chi connectivity index (χ2v) is 7.02. The number of carbonyl (C=O) groups is 1. The predicted molar refractivity (Wildman–Crippen MR) is 117 cm³/mol. The summed E-state index contributed by atoms with van der Waals surface area (Å²) in [6.07, 6.45) is 1.80. The van der Waals surface area contributed by atoms with E-state index in [-0.39, 0.29) is 5.91 Å². The Morgan fingerprint density at radius 2 is 1.60 bits per heavy atom. The van der Waals surface area contributed by atoms with Gasteiger partial charge >= 0.3 is 0 Å². The van der Waals surface area contributed by atoms with Crippen LogP contribution in [0.4, 0.5) is 5.69 Å². The standard InChI is InChI=1S/C24H19N5O/c1-17-15-22(27-29(17)20-7-3-2-4-8-20)24(30)26-18-11-13-19(14-12-18)28-16-25-21-9-5-6-10-23(21)28/h2-16H,1H3,(H,26,30). The molecule has 5 aromatic rings. The third kappa shape index (κ3) is 3.24. The lowest BCUT2D eigenvalue weighted by Crippen LogP contribution is -2.13. The van der Waals surface area contributed by atoms with Crippen molar-refractivity contribution in [1.29, 1.82) is 0 Å². The third-order valence-electron chi connectivity index (χ3n) is 4.98. The maximum atomic E-state index is 12.7. The number of hydrogen-bond acceptors (Lipinski definition) is 3. The number of aromatic nitrogens is 4. The highest BCUT2D eigenvalue weighted by Gasteiger charge is 2.14. The summed E-state index contributed by atoms with van der Waals surface area (Å²) in [5.41, 5.74) is 5.86. The summed E-state index contributed by atoms with van der Waals surface area (Å²) >= 11 is 0. The highest BCUT2D eigenvalue weighted by atomic mass is 16.1. The van der Waals surface area contributed by atoms with Gasteiger partial charge in [-0.2, -0.15) is 5.10 Å². The van der Waals surface area contributed by atoms with Crippen molar-refractivity contribution in [1.82, 2.24) is 19.3 Å². The van der Waals surface area contributed by atoms with Gasteiger partial charge in [0.2, 0.25) is 0 Å². The quantitative estimate of drug-likeness (QED) is 0.478. The van der Waals surface area contributed by atoms with E-state index in [1.807, 2.05) is 90.4 Å². The number of hydrogen-bond donors (Lipinski definition) is 1. The zero-order valence-corrected chi connectivity index (χ0v) is 16.4. The van der Waals surface area contributed by atoms with Crippen LogP contribution < -0.4 is 5.32 Å². The molecule has 1 amide bonds. The van der Waals surface area contributed by atoms with Gasteiger partial charge in [-0.05, 0) is 61.5 Å². The highest BCUT2D eigenvalue weighted by Crippen LogP contribution is 2.20. The molecule has 5 rings (SSSR count). The molecule has 0 atom stereocenters. The van der Waals surface area contributed by atoms with Gasteiger partial charge in [-0.3, -0.25) is 9.36 Å². The number of benzene rings is 3. The molecule has 0 aliphatic carbocycles. The first-order valence-electron chi connectivity index (χ1n) is 9.65. The summed E-state index contributed by atoms with van der Waals surface area (Å²) in [6.45, 7) is 1.93. The van der Waals surface area contributed by atoms with E-state index in [2.05, 4.69) is 15.4 Å². The van der Waals surface area contributed by atoms with Crippen molar-refractivity contribution < 1.29 is 4.79 Å². The fraction of sp³-hybridized carbons (Fsp3) is 0.0417. The van der Waals surface area contributed by atoms with Crippen LogP contribution in [-0.4, -0.2) is 25.2 Å². The monoisotopic (exact) mass is 393 g/mol. The summed E-state index contributed by atoms with van der Waals surface area (Å²) in [5.74, 6) is -0.242. The van der Waals surface area contributed by atoms with Crippen LogP contribution in [0.2, 0.25) is 0 Å². The Hall–Kier alpha value is -4.19. The van der Waals surface area contributed by atoms with Crippen LogP contribution in [0.1, 0.15) is 16.2 Å². The fourth-order valence-electron chi connectivity index (χ4n) is 3.48. The molecule has 0 spiro atoms. The highest BCUT2D eigenvalue weighted by molar-refractivity contribution is 6.03. The minimum Gasteiger partial charge on any atom is -0.321 e. The van der Waals surface area contributed by atoms with E-state index in [1.54, 1.807) is 17.1 Å². The number of anilines is 1. The van der Waals surface area contributed by atoms with Crippen molar-refractivity contribution in [3.63, 3.8) is 0 Å². The van der Waals surface area contributed by atoms with E-state index in [4.69, 9.17) is 0 Å². The molecule has 0 radical (unpaired) electrons. The molecule has 3 aromatic carbocycles. The Morgan fingerprint density at radius 1 is 0.867 bits per heavy atom. The molecule has 2 aromatic heterocycles. The van der Waals surface area contributed by atoms with Gasteiger partial charge in [-0.1, -0.05) is 30.3 Å². The average molecular weight is 393 g/mol. The van der Waals surface area contributed by atoms with E-state index >= 15 is 0 Å². The second-order valence-electron chi connectivity index (χ2n) is 7.02. The van der Waals surface area contributed by atoms with Gasteiger partial charge in [0.15, 0.2) is 5.69 Å². The van der Waals surface area contributed by atoms with Crippen molar-refractivity contribution in [3.05, 3.63) is 103 Å². The molecule has 0 saturated carbocycles. The summed E-state index contributed by atoms with van der Waals surface area (Å²) in [6, 6.07) is 27.2. The van der Waals surface area contributed by atoms with Gasteiger partial charge in [0.25, 0.3) is 5.91 Å². The first-order valence-corrected chi connectivity index (χ1v) is 9.65. The third-order valence-corrected chi connectivity index (χ3v) is 4.98. The number of nitrogens with one attached hydrogen (secondary N) is 1. The van der Waals surface area contributed by atoms with Gasteiger partial charge < -0.3 is 5.32 Å². The van der Waals surface area contributed by atoms with Crippen molar-refractivity contribution in [2.75, 3.05) is 5.32 Å². The van der Waals surface area contributed by atoms with Crippen molar-refractivity contribution >= 4 is 22.6 Å². The van der Waals surface area contributed by atoms with Crippen LogP contribution >= 0.6 is 0 Å². The van der Waals surface area contributed by atoms with Gasteiger partial charge in [0, 0.05) is 17.1 Å². The molecular formula is C24H19N5O. The van der Waals surface area contributed by atoms with Gasteiger partial charge in [-0.25, -0.2) is 9.67 Å². The lowest BCUT2D eigenvalue weighted by Gasteiger charge is -2.07. The van der Waals surface area contributed by atoms with E-state index < -0.39 is 0 Å². The molecule has 30 heavy (non-hydrogen) atoms. The molecule has 6 nitrogen and oxygen atoms in total. The summed E-state index contributed by atoms with van der Waals surface area (Å²) in [4.78, 5) is 17.1. The van der Waals surface area contributed by atoms with Gasteiger partial charge in [0.1, 0.15) is 6.33 Å². The minimum atomic E-state index is -0.242. The molecule has 0 unspecified atom stereocenters. The number of amides is 1. The predicted octanol–water partition coefficient (Wildman–Crippen LogP) is 4.77. The Morgan fingerprint density at radius 3 is 2.40 bits per heavy atom. The first-order chi connectivity index (χ1) is 14.7. The number of rotatable bonds is 4. The lowest BCUT2D eigenvalue weighted by molar-refractivity contribution is 0.102. The number of para-hydroxylation sites is 3. The maximum Gasteiger partial charge on any atom is 0.276 e. The van der Waals surface area contributed by atoms with Crippen LogP contribution in [-0.2, 0) is 0 Å². The molecule has 0 saturated heterocycles. The molecular weight excluding hydrogens is 374 g/mol. The number of aryl methyl sites for hydroxylation is 1. The van der Waals surface area contributed by atoms with Crippen LogP contribution in [0.5, 0.6) is 0 Å². The molecule has 0 bridgehead atoms. The van der Waals surface area contributed by atoms with Crippen molar-refractivity contribution in [2.45, 2.75) is 6.92 Å². The Labute approximate surface area is 173 Å². The molecule has 0 aliphatic heterocycles. The van der Waals surface area contributed by atoms with E-state index in [0.717, 1.165) is 28.1 Å². The van der Waals surface area contributed by atoms with Gasteiger partial charge in [0.05, 0.1) is 16.7 Å². The second kappa shape index (κ2) is 7.33. The fourth-order valence-corrected chi connectivity index (χ4v) is 3.48. The zero-order chi connectivity index (χ0) is 20.5. The molecule has 1 N–H and O–H groups in total. The molecule has 2 heterocycles. The smallest absolute Gasteiger partial charge is 0.276 e.